The molecule has 1 nitrogen and oxygen atoms in total. The molecule has 1 unspecified atom stereocenters. The van der Waals surface area contributed by atoms with Crippen LogP contribution in [0.2, 0.25) is 0 Å². The average molecular weight is 274 g/mol. The summed E-state index contributed by atoms with van der Waals surface area (Å²) in [6.45, 7) is 12.7. The number of nitrogens with one attached hydrogen (secondary N) is 1. The van der Waals surface area contributed by atoms with Crippen LogP contribution in [0.3, 0.4) is 0 Å². The third-order valence-electron chi connectivity index (χ3n) is 3.90. The van der Waals surface area contributed by atoms with Crippen LogP contribution in [0.25, 0.3) is 0 Å². The molecule has 2 heteroatoms. The second kappa shape index (κ2) is 11.2. The summed E-state index contributed by atoms with van der Waals surface area (Å²) in [5.41, 5.74) is 0.550. The topological polar surface area (TPSA) is 12.0 Å². The van der Waals surface area contributed by atoms with Crippen molar-refractivity contribution in [3.05, 3.63) is 0 Å². The fourth-order valence-corrected chi connectivity index (χ4v) is 3.08. The molecule has 0 aliphatic rings. The Bertz CT molecular complexity index is 182. The molecule has 0 rings (SSSR count). The van der Waals surface area contributed by atoms with E-state index in [9.17, 15) is 0 Å². The van der Waals surface area contributed by atoms with Gasteiger partial charge >= 0.3 is 0 Å². The smallest absolute Gasteiger partial charge is 0.00106 e. The Balaban J connectivity index is 4.24. The molecule has 0 fully saturated rings. The van der Waals surface area contributed by atoms with Gasteiger partial charge in [0.15, 0.2) is 0 Å². The summed E-state index contributed by atoms with van der Waals surface area (Å²) in [6.07, 6.45) is 8.22. The van der Waals surface area contributed by atoms with Crippen LogP contribution in [0.4, 0.5) is 0 Å². The Hall–Kier alpha value is 0.310. The lowest BCUT2D eigenvalue weighted by molar-refractivity contribution is 0.205. The van der Waals surface area contributed by atoms with Gasteiger partial charge in [-0.05, 0) is 42.6 Å². The first-order valence-corrected chi connectivity index (χ1v) is 9.06. The van der Waals surface area contributed by atoms with Crippen molar-refractivity contribution in [2.24, 2.45) is 5.41 Å². The van der Waals surface area contributed by atoms with E-state index in [1.54, 1.807) is 0 Å². The van der Waals surface area contributed by atoms with E-state index in [2.05, 4.69) is 51.7 Å². The lowest BCUT2D eigenvalue weighted by atomic mass is 9.76. The van der Waals surface area contributed by atoms with Crippen LogP contribution in [-0.2, 0) is 0 Å². The highest BCUT2D eigenvalue weighted by molar-refractivity contribution is 7.99. The molecule has 0 radical (unpaired) electrons. The first kappa shape index (κ1) is 18.3. The van der Waals surface area contributed by atoms with Crippen LogP contribution in [0.5, 0.6) is 0 Å². The van der Waals surface area contributed by atoms with Crippen molar-refractivity contribution in [1.29, 1.82) is 0 Å². The molecule has 0 saturated carbocycles. The Labute approximate surface area is 120 Å². The lowest BCUT2D eigenvalue weighted by Gasteiger charge is -2.34. The lowest BCUT2D eigenvalue weighted by Crippen LogP contribution is -2.37. The van der Waals surface area contributed by atoms with Gasteiger partial charge in [-0.25, -0.2) is 0 Å². The van der Waals surface area contributed by atoms with Crippen molar-refractivity contribution in [2.75, 3.05) is 18.1 Å². The maximum Gasteiger partial charge on any atom is 0.00106 e. The summed E-state index contributed by atoms with van der Waals surface area (Å²) in [6, 6.07) is 0.613. The Morgan fingerprint density at radius 3 is 2.22 bits per heavy atom. The molecule has 0 aromatic rings. The molecule has 0 amide bonds. The SMILES string of the molecule is CCCCC(CC)(CCCSCC)CNC(C)C. The molecule has 1 atom stereocenters. The largest absolute Gasteiger partial charge is 0.314 e. The normalized spacial score (nSPS) is 15.0. The monoisotopic (exact) mass is 273 g/mol. The van der Waals surface area contributed by atoms with Crippen LogP contribution in [0, 0.1) is 5.41 Å². The van der Waals surface area contributed by atoms with Crippen molar-refractivity contribution in [1.82, 2.24) is 5.32 Å². The highest BCUT2D eigenvalue weighted by atomic mass is 32.2. The maximum atomic E-state index is 3.68. The van der Waals surface area contributed by atoms with E-state index in [0.29, 0.717) is 11.5 Å². The third-order valence-corrected chi connectivity index (χ3v) is 4.88. The molecule has 0 aliphatic carbocycles. The standard InChI is InChI=1S/C16H35NS/c1-6-9-11-16(7-2,14-17-15(4)5)12-10-13-18-8-3/h15,17H,6-14H2,1-5H3. The van der Waals surface area contributed by atoms with E-state index < -0.39 is 0 Å². The number of rotatable bonds is 12. The summed E-state index contributed by atoms with van der Waals surface area (Å²) < 4.78 is 0. The zero-order valence-electron chi connectivity index (χ0n) is 13.3. The molecule has 1 N–H and O–H groups in total. The predicted octanol–water partition coefficient (Wildman–Crippen LogP) is 5.10. The van der Waals surface area contributed by atoms with Crippen molar-refractivity contribution < 1.29 is 0 Å². The quantitative estimate of drug-likeness (QED) is 0.496. The van der Waals surface area contributed by atoms with Gasteiger partial charge in [-0.3, -0.25) is 0 Å². The van der Waals surface area contributed by atoms with E-state index in [1.807, 2.05) is 0 Å². The molecule has 0 spiro atoms. The molecule has 0 heterocycles. The van der Waals surface area contributed by atoms with Crippen molar-refractivity contribution in [2.45, 2.75) is 79.2 Å². The van der Waals surface area contributed by atoms with Crippen molar-refractivity contribution >= 4 is 11.8 Å². The van der Waals surface area contributed by atoms with Gasteiger partial charge in [0.25, 0.3) is 0 Å². The zero-order chi connectivity index (χ0) is 13.9. The molecule has 0 aromatic carbocycles. The highest BCUT2D eigenvalue weighted by Crippen LogP contribution is 2.34. The summed E-state index contributed by atoms with van der Waals surface area (Å²) >= 11 is 2.09. The fraction of sp³-hybridized carbons (Fsp3) is 1.00. The molecule has 0 bridgehead atoms. The van der Waals surface area contributed by atoms with Gasteiger partial charge in [-0.2, -0.15) is 11.8 Å². The van der Waals surface area contributed by atoms with Crippen LogP contribution in [0.1, 0.15) is 73.1 Å². The molecule has 0 aromatic heterocycles. The summed E-state index contributed by atoms with van der Waals surface area (Å²) in [5.74, 6) is 2.60. The van der Waals surface area contributed by atoms with E-state index in [1.165, 1.54) is 56.6 Å². The Morgan fingerprint density at radius 1 is 1.06 bits per heavy atom. The number of hydrogen-bond donors (Lipinski definition) is 1. The van der Waals surface area contributed by atoms with E-state index in [4.69, 9.17) is 0 Å². The molecular formula is C16H35NS. The van der Waals surface area contributed by atoms with Crippen LogP contribution in [-0.4, -0.2) is 24.1 Å². The van der Waals surface area contributed by atoms with Crippen molar-refractivity contribution in [3.8, 4) is 0 Å². The predicted molar refractivity (Wildman–Crippen MR) is 87.6 cm³/mol. The van der Waals surface area contributed by atoms with Gasteiger partial charge < -0.3 is 5.32 Å². The van der Waals surface area contributed by atoms with Crippen LogP contribution < -0.4 is 5.32 Å². The summed E-state index contributed by atoms with van der Waals surface area (Å²) in [7, 11) is 0. The molecular weight excluding hydrogens is 238 g/mol. The molecule has 0 aliphatic heterocycles. The number of unbranched alkanes of at least 4 members (excludes halogenated alkanes) is 1. The number of hydrogen-bond acceptors (Lipinski definition) is 2. The molecule has 110 valence electrons. The van der Waals surface area contributed by atoms with Crippen molar-refractivity contribution in [3.63, 3.8) is 0 Å². The first-order chi connectivity index (χ1) is 8.60. The second-order valence-corrected chi connectivity index (χ2v) is 7.19. The average Bonchev–Trinajstić information content (AvgIpc) is 2.37. The number of thioether (sulfide) groups is 1. The van der Waals surface area contributed by atoms with Crippen LogP contribution >= 0.6 is 11.8 Å². The second-order valence-electron chi connectivity index (χ2n) is 5.79. The van der Waals surface area contributed by atoms with Crippen LogP contribution in [0.15, 0.2) is 0 Å². The van der Waals surface area contributed by atoms with E-state index in [-0.39, 0.29) is 0 Å². The van der Waals surface area contributed by atoms with Gasteiger partial charge in [0.1, 0.15) is 0 Å². The Morgan fingerprint density at radius 2 is 1.72 bits per heavy atom. The van der Waals surface area contributed by atoms with Gasteiger partial charge in [-0.1, -0.05) is 47.5 Å². The van der Waals surface area contributed by atoms with Gasteiger partial charge in [-0.15, -0.1) is 0 Å². The molecule has 0 saturated heterocycles. The minimum Gasteiger partial charge on any atom is -0.314 e. The van der Waals surface area contributed by atoms with E-state index >= 15 is 0 Å². The first-order valence-electron chi connectivity index (χ1n) is 7.91. The Kier molecular flexibility index (Phi) is 11.4. The summed E-state index contributed by atoms with van der Waals surface area (Å²) in [4.78, 5) is 0. The minimum absolute atomic E-state index is 0.550. The highest BCUT2D eigenvalue weighted by Gasteiger charge is 2.26. The van der Waals surface area contributed by atoms with E-state index in [0.717, 1.165) is 0 Å². The summed E-state index contributed by atoms with van der Waals surface area (Å²) in [5, 5.41) is 3.68. The van der Waals surface area contributed by atoms with Gasteiger partial charge in [0, 0.05) is 12.6 Å². The minimum atomic E-state index is 0.550. The van der Waals surface area contributed by atoms with Gasteiger partial charge in [0.2, 0.25) is 0 Å². The van der Waals surface area contributed by atoms with Gasteiger partial charge in [0.05, 0.1) is 0 Å². The third kappa shape index (κ3) is 8.42. The maximum absolute atomic E-state index is 3.68. The molecule has 18 heavy (non-hydrogen) atoms. The fourth-order valence-electron chi connectivity index (χ4n) is 2.45. The zero-order valence-corrected chi connectivity index (χ0v) is 14.2.